The lowest BCUT2D eigenvalue weighted by molar-refractivity contribution is 0.357. The first-order chi connectivity index (χ1) is 9.29. The molecule has 0 spiro atoms. The second kappa shape index (κ2) is 5.48. The molecule has 0 aliphatic carbocycles. The summed E-state index contributed by atoms with van der Waals surface area (Å²) in [5.41, 5.74) is 3.59. The number of rotatable bonds is 3. The van der Waals surface area contributed by atoms with Gasteiger partial charge in [0.25, 0.3) is 0 Å². The summed E-state index contributed by atoms with van der Waals surface area (Å²) in [5, 5.41) is -0.102. The summed E-state index contributed by atoms with van der Waals surface area (Å²) in [5.74, 6) is 1.01. The first-order valence-corrected chi connectivity index (χ1v) is 7.98. The molecule has 0 radical (unpaired) electrons. The third-order valence-corrected chi connectivity index (χ3v) is 4.72. The van der Waals surface area contributed by atoms with Crippen LogP contribution >= 0.6 is 23.4 Å². The van der Waals surface area contributed by atoms with Crippen LogP contribution in [0.5, 0.6) is 5.75 Å². The van der Waals surface area contributed by atoms with Gasteiger partial charge in [0.2, 0.25) is 0 Å². The molecule has 3 rings (SSSR count). The van der Waals surface area contributed by atoms with Crippen LogP contribution in [0.4, 0.5) is 0 Å². The van der Waals surface area contributed by atoms with Crippen LogP contribution in [0.15, 0.2) is 47.4 Å². The van der Waals surface area contributed by atoms with Gasteiger partial charge < -0.3 is 4.74 Å². The fourth-order valence-electron chi connectivity index (χ4n) is 2.42. The van der Waals surface area contributed by atoms with Crippen molar-refractivity contribution in [3.8, 4) is 5.75 Å². The van der Waals surface area contributed by atoms with Crippen molar-refractivity contribution in [2.24, 2.45) is 0 Å². The van der Waals surface area contributed by atoms with Crippen LogP contribution in [0.1, 0.15) is 22.1 Å². The number of benzene rings is 2. The maximum atomic E-state index is 6.66. The van der Waals surface area contributed by atoms with Crippen molar-refractivity contribution in [3.63, 3.8) is 0 Å². The molecule has 0 bridgehead atoms. The molecule has 1 aliphatic heterocycles. The minimum absolute atomic E-state index is 0.102. The monoisotopic (exact) mass is 290 g/mol. The molecule has 0 saturated carbocycles. The summed E-state index contributed by atoms with van der Waals surface area (Å²) in [6.07, 6.45) is 3.07. The van der Waals surface area contributed by atoms with E-state index in [0.717, 1.165) is 24.3 Å². The second-order valence-corrected chi connectivity index (χ2v) is 5.85. The Morgan fingerprint density at radius 1 is 1.21 bits per heavy atom. The fraction of sp³-hybridized carbons (Fsp3) is 0.250. The maximum absolute atomic E-state index is 6.66. The van der Waals surface area contributed by atoms with Gasteiger partial charge in [-0.15, -0.1) is 23.4 Å². The molecule has 2 aromatic rings. The van der Waals surface area contributed by atoms with Crippen LogP contribution in [0.25, 0.3) is 0 Å². The first-order valence-electron chi connectivity index (χ1n) is 6.32. The smallest absolute Gasteiger partial charge is 0.122 e. The third kappa shape index (κ3) is 2.47. The van der Waals surface area contributed by atoms with Gasteiger partial charge in [-0.05, 0) is 35.1 Å². The van der Waals surface area contributed by atoms with Crippen LogP contribution in [0.2, 0.25) is 0 Å². The zero-order valence-electron chi connectivity index (χ0n) is 10.7. The summed E-state index contributed by atoms with van der Waals surface area (Å²) >= 11 is 8.40. The molecule has 98 valence electrons. The molecule has 1 heterocycles. The Labute approximate surface area is 122 Å². The van der Waals surface area contributed by atoms with E-state index in [9.17, 15) is 0 Å². The van der Waals surface area contributed by atoms with E-state index in [0.29, 0.717) is 0 Å². The maximum Gasteiger partial charge on any atom is 0.122 e. The normalized spacial score (nSPS) is 14.8. The summed E-state index contributed by atoms with van der Waals surface area (Å²) in [4.78, 5) is 1.24. The van der Waals surface area contributed by atoms with Crippen LogP contribution < -0.4 is 4.74 Å². The Balaban J connectivity index is 1.97. The van der Waals surface area contributed by atoms with Gasteiger partial charge in [-0.3, -0.25) is 0 Å². The van der Waals surface area contributed by atoms with E-state index in [-0.39, 0.29) is 5.38 Å². The Bertz CT molecular complexity index is 597. The zero-order valence-corrected chi connectivity index (χ0v) is 12.3. The van der Waals surface area contributed by atoms with Crippen molar-refractivity contribution in [1.29, 1.82) is 0 Å². The highest BCUT2D eigenvalue weighted by atomic mass is 35.5. The molecule has 1 aliphatic rings. The van der Waals surface area contributed by atoms with Crippen molar-refractivity contribution in [2.75, 3.05) is 12.9 Å². The van der Waals surface area contributed by atoms with Crippen LogP contribution in [-0.4, -0.2) is 12.9 Å². The SMILES string of the molecule is CSc1ccccc1C(Cl)c1ccc2c(c1)CCO2. The molecular formula is C16H15ClOS. The summed E-state index contributed by atoms with van der Waals surface area (Å²) in [7, 11) is 0. The summed E-state index contributed by atoms with van der Waals surface area (Å²) in [6, 6.07) is 14.6. The lowest BCUT2D eigenvalue weighted by Crippen LogP contribution is -1.96. The van der Waals surface area contributed by atoms with Crippen molar-refractivity contribution in [1.82, 2.24) is 0 Å². The molecule has 0 fully saturated rings. The number of halogens is 1. The number of hydrogen-bond donors (Lipinski definition) is 0. The average molecular weight is 291 g/mol. The quantitative estimate of drug-likeness (QED) is 0.600. The first kappa shape index (κ1) is 12.9. The molecular weight excluding hydrogens is 276 g/mol. The molecule has 1 atom stereocenters. The molecule has 19 heavy (non-hydrogen) atoms. The van der Waals surface area contributed by atoms with Crippen molar-refractivity contribution >= 4 is 23.4 Å². The van der Waals surface area contributed by atoms with Gasteiger partial charge in [0.1, 0.15) is 5.75 Å². The molecule has 2 aromatic carbocycles. The van der Waals surface area contributed by atoms with Crippen LogP contribution in [0, 0.1) is 0 Å². The molecule has 0 saturated heterocycles. The van der Waals surface area contributed by atoms with Gasteiger partial charge in [-0.2, -0.15) is 0 Å². The van der Waals surface area contributed by atoms with E-state index in [1.807, 2.05) is 12.1 Å². The number of fused-ring (bicyclic) bond motifs is 1. The van der Waals surface area contributed by atoms with E-state index < -0.39 is 0 Å². The Morgan fingerprint density at radius 2 is 2.05 bits per heavy atom. The Kier molecular flexibility index (Phi) is 3.72. The van der Waals surface area contributed by atoms with Gasteiger partial charge in [-0.25, -0.2) is 0 Å². The highest BCUT2D eigenvalue weighted by molar-refractivity contribution is 7.98. The third-order valence-electron chi connectivity index (χ3n) is 3.42. The number of ether oxygens (including phenoxy) is 1. The van der Waals surface area contributed by atoms with Gasteiger partial charge in [0.15, 0.2) is 0 Å². The van der Waals surface area contributed by atoms with Gasteiger partial charge >= 0.3 is 0 Å². The van der Waals surface area contributed by atoms with Crippen molar-refractivity contribution in [3.05, 3.63) is 59.2 Å². The van der Waals surface area contributed by atoms with E-state index in [2.05, 4.69) is 36.6 Å². The number of thioether (sulfide) groups is 1. The highest BCUT2D eigenvalue weighted by Crippen LogP contribution is 2.37. The van der Waals surface area contributed by atoms with Gasteiger partial charge in [0.05, 0.1) is 12.0 Å². The zero-order chi connectivity index (χ0) is 13.2. The Morgan fingerprint density at radius 3 is 2.89 bits per heavy atom. The fourth-order valence-corrected chi connectivity index (χ4v) is 3.45. The lowest BCUT2D eigenvalue weighted by Gasteiger charge is -2.14. The van der Waals surface area contributed by atoms with Gasteiger partial charge in [-0.1, -0.05) is 30.3 Å². The van der Waals surface area contributed by atoms with E-state index >= 15 is 0 Å². The molecule has 0 aromatic heterocycles. The van der Waals surface area contributed by atoms with Crippen molar-refractivity contribution < 1.29 is 4.74 Å². The summed E-state index contributed by atoms with van der Waals surface area (Å²) < 4.78 is 5.54. The molecule has 0 amide bonds. The highest BCUT2D eigenvalue weighted by Gasteiger charge is 2.18. The van der Waals surface area contributed by atoms with Crippen LogP contribution in [0.3, 0.4) is 0 Å². The predicted octanol–water partition coefficient (Wildman–Crippen LogP) is 4.67. The van der Waals surface area contributed by atoms with E-state index in [4.69, 9.17) is 16.3 Å². The molecule has 0 N–H and O–H groups in total. The average Bonchev–Trinajstić information content (AvgIpc) is 2.93. The van der Waals surface area contributed by atoms with Gasteiger partial charge in [0, 0.05) is 11.3 Å². The van der Waals surface area contributed by atoms with Crippen LogP contribution in [-0.2, 0) is 6.42 Å². The topological polar surface area (TPSA) is 9.23 Å². The lowest BCUT2D eigenvalue weighted by atomic mass is 10.0. The largest absolute Gasteiger partial charge is 0.493 e. The molecule has 3 heteroatoms. The van der Waals surface area contributed by atoms with E-state index in [1.165, 1.54) is 16.0 Å². The standard InChI is InChI=1S/C16H15ClOS/c1-19-15-5-3-2-4-13(15)16(17)12-6-7-14-11(10-12)8-9-18-14/h2-7,10,16H,8-9H2,1H3. The second-order valence-electron chi connectivity index (χ2n) is 4.57. The number of alkyl halides is 1. The number of hydrogen-bond acceptors (Lipinski definition) is 2. The predicted molar refractivity (Wildman–Crippen MR) is 81.6 cm³/mol. The molecule has 1 nitrogen and oxygen atoms in total. The van der Waals surface area contributed by atoms with Crippen molar-refractivity contribution in [2.45, 2.75) is 16.7 Å². The molecule has 1 unspecified atom stereocenters. The van der Waals surface area contributed by atoms with E-state index in [1.54, 1.807) is 11.8 Å². The summed E-state index contributed by atoms with van der Waals surface area (Å²) in [6.45, 7) is 0.785. The minimum atomic E-state index is -0.102. The minimum Gasteiger partial charge on any atom is -0.493 e. The Hall–Kier alpha value is -1.12.